The zero-order chi connectivity index (χ0) is 22.7. The number of nitrogens with zero attached hydrogens (tertiary/aromatic N) is 5. The van der Waals surface area contributed by atoms with Gasteiger partial charge >= 0.3 is 0 Å². The number of hydrogen-bond acceptors (Lipinski definition) is 8. The third-order valence-electron chi connectivity index (χ3n) is 5.75. The quantitative estimate of drug-likeness (QED) is 0.457. The SMILES string of the molecule is Cc1cccnc1NC(=O)C1CCCN(C(C)c2nnc(-c3ccc([N+](=O)[O-])cc3)o2)C1. The minimum absolute atomic E-state index is 0.000360. The number of nitrogens with one attached hydrogen (secondary N) is 1. The van der Waals surface area contributed by atoms with E-state index in [-0.39, 0.29) is 23.6 Å². The van der Waals surface area contributed by atoms with Crippen LogP contribution in [-0.4, -0.2) is 44.0 Å². The first-order valence-corrected chi connectivity index (χ1v) is 10.5. The van der Waals surface area contributed by atoms with Crippen LogP contribution in [0.3, 0.4) is 0 Å². The molecule has 166 valence electrons. The zero-order valence-corrected chi connectivity index (χ0v) is 17.9. The number of piperidine rings is 1. The largest absolute Gasteiger partial charge is 0.419 e. The average Bonchev–Trinajstić information content (AvgIpc) is 3.30. The van der Waals surface area contributed by atoms with Crippen molar-refractivity contribution in [2.75, 3.05) is 18.4 Å². The van der Waals surface area contributed by atoms with Gasteiger partial charge in [0.15, 0.2) is 0 Å². The van der Waals surface area contributed by atoms with E-state index in [0.29, 0.717) is 29.7 Å². The maximum Gasteiger partial charge on any atom is 0.269 e. The second-order valence-electron chi connectivity index (χ2n) is 7.92. The van der Waals surface area contributed by atoms with E-state index >= 15 is 0 Å². The standard InChI is InChI=1S/C22H24N6O4/c1-14-5-3-11-23-19(14)24-20(29)17-6-4-12-27(13-17)15(2)21-25-26-22(32-21)16-7-9-18(10-8-16)28(30)31/h3,5,7-11,15,17H,4,6,12-13H2,1-2H3,(H,23,24,29). The number of nitro groups is 1. The first-order valence-electron chi connectivity index (χ1n) is 10.5. The Morgan fingerprint density at radius 2 is 2.06 bits per heavy atom. The first kappa shape index (κ1) is 21.6. The lowest BCUT2D eigenvalue weighted by Gasteiger charge is -2.34. The first-order chi connectivity index (χ1) is 15.4. The van der Waals surface area contributed by atoms with Crippen molar-refractivity contribution in [3.05, 3.63) is 64.2 Å². The summed E-state index contributed by atoms with van der Waals surface area (Å²) in [5.41, 5.74) is 1.54. The highest BCUT2D eigenvalue weighted by atomic mass is 16.6. The Hall–Kier alpha value is -3.66. The van der Waals surface area contributed by atoms with Gasteiger partial charge in [-0.3, -0.25) is 19.8 Å². The molecule has 32 heavy (non-hydrogen) atoms. The molecule has 0 bridgehead atoms. The predicted molar refractivity (Wildman–Crippen MR) is 117 cm³/mol. The van der Waals surface area contributed by atoms with Gasteiger partial charge in [-0.1, -0.05) is 6.07 Å². The number of non-ortho nitro benzene ring substituents is 1. The van der Waals surface area contributed by atoms with Crippen LogP contribution in [-0.2, 0) is 4.79 Å². The van der Waals surface area contributed by atoms with E-state index in [9.17, 15) is 14.9 Å². The van der Waals surface area contributed by atoms with Crippen molar-refractivity contribution < 1.29 is 14.1 Å². The lowest BCUT2D eigenvalue weighted by molar-refractivity contribution is -0.384. The fourth-order valence-corrected chi connectivity index (χ4v) is 3.81. The van der Waals surface area contributed by atoms with Crippen molar-refractivity contribution >= 4 is 17.4 Å². The highest BCUT2D eigenvalue weighted by molar-refractivity contribution is 5.92. The summed E-state index contributed by atoms with van der Waals surface area (Å²) in [6, 6.07) is 9.56. The third kappa shape index (κ3) is 4.65. The number of aromatic nitrogens is 3. The van der Waals surface area contributed by atoms with Gasteiger partial charge in [0.2, 0.25) is 17.7 Å². The molecule has 10 heteroatoms. The number of rotatable bonds is 6. The molecule has 1 aliphatic rings. The van der Waals surface area contributed by atoms with Crippen molar-refractivity contribution in [1.82, 2.24) is 20.1 Å². The van der Waals surface area contributed by atoms with Crippen LogP contribution >= 0.6 is 0 Å². The summed E-state index contributed by atoms with van der Waals surface area (Å²) in [7, 11) is 0. The second kappa shape index (κ2) is 9.23. The number of aryl methyl sites for hydroxylation is 1. The molecule has 1 fully saturated rings. The Kier molecular flexibility index (Phi) is 6.22. The van der Waals surface area contributed by atoms with Gasteiger partial charge in [-0.2, -0.15) is 0 Å². The predicted octanol–water partition coefficient (Wildman–Crippen LogP) is 3.76. The van der Waals surface area contributed by atoms with Crippen molar-refractivity contribution in [2.24, 2.45) is 5.92 Å². The highest BCUT2D eigenvalue weighted by Gasteiger charge is 2.31. The molecule has 3 heterocycles. The zero-order valence-electron chi connectivity index (χ0n) is 17.9. The number of benzene rings is 1. The summed E-state index contributed by atoms with van der Waals surface area (Å²) in [5, 5.41) is 22.0. The van der Waals surface area contributed by atoms with Crippen LogP contribution in [0, 0.1) is 23.0 Å². The molecule has 1 saturated heterocycles. The van der Waals surface area contributed by atoms with E-state index in [2.05, 4.69) is 25.4 Å². The molecular formula is C22H24N6O4. The number of pyridine rings is 1. The van der Waals surface area contributed by atoms with E-state index in [0.717, 1.165) is 24.9 Å². The molecular weight excluding hydrogens is 412 g/mol. The lowest BCUT2D eigenvalue weighted by Crippen LogP contribution is -2.42. The summed E-state index contributed by atoms with van der Waals surface area (Å²) in [5.74, 6) is 1.14. The smallest absolute Gasteiger partial charge is 0.269 e. The fraction of sp³-hybridized carbons (Fsp3) is 0.364. The Morgan fingerprint density at radius 1 is 1.28 bits per heavy atom. The topological polar surface area (TPSA) is 127 Å². The van der Waals surface area contributed by atoms with E-state index in [1.807, 2.05) is 26.0 Å². The summed E-state index contributed by atoms with van der Waals surface area (Å²) < 4.78 is 5.85. The van der Waals surface area contributed by atoms with Crippen LogP contribution in [0.2, 0.25) is 0 Å². The average molecular weight is 436 g/mol. The summed E-state index contributed by atoms with van der Waals surface area (Å²) in [4.78, 5) is 29.6. The Bertz CT molecular complexity index is 1110. The molecule has 2 atom stereocenters. The van der Waals surface area contributed by atoms with Crippen LogP contribution in [0.4, 0.5) is 11.5 Å². The normalized spacial score (nSPS) is 17.6. The molecule has 3 aromatic rings. The minimum atomic E-state index is -0.455. The van der Waals surface area contributed by atoms with E-state index in [1.165, 1.54) is 12.1 Å². The minimum Gasteiger partial charge on any atom is -0.419 e. The molecule has 0 radical (unpaired) electrons. The van der Waals surface area contributed by atoms with Crippen LogP contribution in [0.5, 0.6) is 0 Å². The number of carbonyl (C=O) groups excluding carboxylic acids is 1. The van der Waals surface area contributed by atoms with Crippen LogP contribution in [0.1, 0.15) is 37.3 Å². The van der Waals surface area contributed by atoms with Gasteiger partial charge in [0.1, 0.15) is 5.82 Å². The van der Waals surface area contributed by atoms with Gasteiger partial charge in [0, 0.05) is 30.4 Å². The van der Waals surface area contributed by atoms with Gasteiger partial charge in [0.25, 0.3) is 5.69 Å². The van der Waals surface area contributed by atoms with Gasteiger partial charge < -0.3 is 9.73 Å². The van der Waals surface area contributed by atoms with Crippen LogP contribution < -0.4 is 5.32 Å². The summed E-state index contributed by atoms with van der Waals surface area (Å²) in [6.45, 7) is 5.28. The fourth-order valence-electron chi connectivity index (χ4n) is 3.81. The van der Waals surface area contributed by atoms with Crippen molar-refractivity contribution in [2.45, 2.75) is 32.7 Å². The van der Waals surface area contributed by atoms with E-state index in [4.69, 9.17) is 4.42 Å². The van der Waals surface area contributed by atoms with Gasteiger partial charge in [-0.05, 0) is 57.0 Å². The number of amides is 1. The maximum absolute atomic E-state index is 12.8. The van der Waals surface area contributed by atoms with Crippen LogP contribution in [0.25, 0.3) is 11.5 Å². The number of likely N-dealkylation sites (tertiary alicyclic amines) is 1. The van der Waals surface area contributed by atoms with E-state index in [1.54, 1.807) is 18.3 Å². The summed E-state index contributed by atoms with van der Waals surface area (Å²) in [6.07, 6.45) is 3.35. The molecule has 2 aromatic heterocycles. The maximum atomic E-state index is 12.8. The third-order valence-corrected chi connectivity index (χ3v) is 5.75. The second-order valence-corrected chi connectivity index (χ2v) is 7.92. The molecule has 1 amide bonds. The molecule has 0 saturated carbocycles. The molecule has 1 aliphatic heterocycles. The molecule has 4 rings (SSSR count). The lowest BCUT2D eigenvalue weighted by atomic mass is 9.96. The number of anilines is 1. The molecule has 1 N–H and O–H groups in total. The Morgan fingerprint density at radius 3 is 2.78 bits per heavy atom. The molecule has 2 unspecified atom stereocenters. The summed E-state index contributed by atoms with van der Waals surface area (Å²) >= 11 is 0. The van der Waals surface area contributed by atoms with Gasteiger partial charge in [-0.15, -0.1) is 10.2 Å². The number of hydrogen-bond donors (Lipinski definition) is 1. The number of nitro benzene ring substituents is 1. The van der Waals surface area contributed by atoms with E-state index < -0.39 is 4.92 Å². The van der Waals surface area contributed by atoms with Crippen molar-refractivity contribution in [1.29, 1.82) is 0 Å². The van der Waals surface area contributed by atoms with Crippen LogP contribution in [0.15, 0.2) is 47.0 Å². The van der Waals surface area contributed by atoms with Gasteiger partial charge in [0.05, 0.1) is 16.9 Å². The number of carbonyl (C=O) groups is 1. The Labute approximate surface area is 184 Å². The highest BCUT2D eigenvalue weighted by Crippen LogP contribution is 2.29. The van der Waals surface area contributed by atoms with Gasteiger partial charge in [-0.25, -0.2) is 4.98 Å². The van der Waals surface area contributed by atoms with Crippen molar-refractivity contribution in [3.63, 3.8) is 0 Å². The van der Waals surface area contributed by atoms with Crippen molar-refractivity contribution in [3.8, 4) is 11.5 Å². The molecule has 1 aromatic carbocycles. The monoisotopic (exact) mass is 436 g/mol. The molecule has 0 spiro atoms. The Balaban J connectivity index is 1.42. The molecule has 0 aliphatic carbocycles. The molecule has 10 nitrogen and oxygen atoms in total.